The fourth-order valence-electron chi connectivity index (χ4n) is 3.16. The largest absolute Gasteiger partial charge is 0.342 e. The lowest BCUT2D eigenvalue weighted by atomic mass is 10.1. The van der Waals surface area contributed by atoms with Crippen LogP contribution in [0.2, 0.25) is 5.02 Å². The Labute approximate surface area is 194 Å². The lowest BCUT2D eigenvalue weighted by Crippen LogP contribution is -2.43. The maximum Gasteiger partial charge on any atom is 0.275 e. The topological polar surface area (TPSA) is 150 Å². The first-order valence-corrected chi connectivity index (χ1v) is 10.4. The number of rotatable bonds is 5. The molecule has 0 saturated carbocycles. The van der Waals surface area contributed by atoms with Gasteiger partial charge in [-0.1, -0.05) is 11.6 Å². The number of halogens is 1. The van der Waals surface area contributed by atoms with Crippen molar-refractivity contribution in [2.45, 2.75) is 26.1 Å². The number of carbonyl (C=O) groups is 1. The SMILES string of the molecule is CNC(C)C1Nc2cc(cc(NC(=O)c3ccc(Cl)cn3)n2)-c2ncnc(C(C)=N)c2NO1. The molecule has 3 aromatic rings. The van der Waals surface area contributed by atoms with Crippen molar-refractivity contribution in [3.8, 4) is 11.3 Å². The third-order valence-corrected chi connectivity index (χ3v) is 5.21. The Kier molecular flexibility index (Phi) is 6.45. The van der Waals surface area contributed by atoms with Crippen LogP contribution >= 0.6 is 11.6 Å². The van der Waals surface area contributed by atoms with Gasteiger partial charge in [0.1, 0.15) is 40.7 Å². The van der Waals surface area contributed by atoms with Crippen molar-refractivity contribution in [2.24, 2.45) is 0 Å². The van der Waals surface area contributed by atoms with Gasteiger partial charge in [0.15, 0.2) is 6.23 Å². The van der Waals surface area contributed by atoms with Crippen molar-refractivity contribution in [3.63, 3.8) is 0 Å². The van der Waals surface area contributed by atoms with E-state index in [0.29, 0.717) is 33.5 Å². The Morgan fingerprint density at radius 3 is 2.79 bits per heavy atom. The molecule has 33 heavy (non-hydrogen) atoms. The highest BCUT2D eigenvalue weighted by Gasteiger charge is 2.24. The highest BCUT2D eigenvalue weighted by molar-refractivity contribution is 6.30. The van der Waals surface area contributed by atoms with E-state index < -0.39 is 12.1 Å². The van der Waals surface area contributed by atoms with Crippen molar-refractivity contribution in [3.05, 3.63) is 53.2 Å². The van der Waals surface area contributed by atoms with Gasteiger partial charge in [0.05, 0.1) is 16.8 Å². The molecule has 5 N–H and O–H groups in total. The van der Waals surface area contributed by atoms with Gasteiger partial charge in [0.25, 0.3) is 5.91 Å². The minimum Gasteiger partial charge on any atom is -0.342 e. The van der Waals surface area contributed by atoms with Gasteiger partial charge in [-0.3, -0.25) is 10.3 Å². The minimum absolute atomic E-state index is 0.130. The summed E-state index contributed by atoms with van der Waals surface area (Å²) in [6.07, 6.45) is 2.23. The van der Waals surface area contributed by atoms with Crippen molar-refractivity contribution in [2.75, 3.05) is 23.2 Å². The average molecular weight is 468 g/mol. The Bertz CT molecular complexity index is 1200. The van der Waals surface area contributed by atoms with Gasteiger partial charge in [0, 0.05) is 11.8 Å². The molecule has 0 aliphatic carbocycles. The highest BCUT2D eigenvalue weighted by Crippen LogP contribution is 2.33. The zero-order valence-corrected chi connectivity index (χ0v) is 18.9. The predicted octanol–water partition coefficient (Wildman–Crippen LogP) is 2.93. The van der Waals surface area contributed by atoms with Crippen LogP contribution in [0.3, 0.4) is 0 Å². The summed E-state index contributed by atoms with van der Waals surface area (Å²) in [5.74, 6) is 0.304. The molecule has 170 valence electrons. The van der Waals surface area contributed by atoms with E-state index in [2.05, 4.69) is 41.4 Å². The van der Waals surface area contributed by atoms with Crippen LogP contribution < -0.4 is 21.4 Å². The number of pyridine rings is 2. The molecule has 1 aliphatic rings. The smallest absolute Gasteiger partial charge is 0.275 e. The second-order valence-corrected chi connectivity index (χ2v) is 7.81. The van der Waals surface area contributed by atoms with Gasteiger partial charge in [-0.2, -0.15) is 0 Å². The van der Waals surface area contributed by atoms with E-state index in [0.717, 1.165) is 0 Å². The van der Waals surface area contributed by atoms with Crippen LogP contribution in [0.25, 0.3) is 11.3 Å². The molecule has 4 rings (SSSR count). The Balaban J connectivity index is 1.79. The molecular weight excluding hydrogens is 446 g/mol. The number of likely N-dealkylation sites (N-methyl/N-ethyl adjacent to an activating group) is 1. The third-order valence-electron chi connectivity index (χ3n) is 4.99. The van der Waals surface area contributed by atoms with Crippen LogP contribution in [0.15, 0.2) is 36.8 Å². The maximum atomic E-state index is 12.7. The molecule has 0 saturated heterocycles. The fourth-order valence-corrected chi connectivity index (χ4v) is 3.27. The van der Waals surface area contributed by atoms with E-state index in [9.17, 15) is 4.79 Å². The molecule has 1 amide bonds. The number of amides is 1. The highest BCUT2D eigenvalue weighted by atomic mass is 35.5. The van der Waals surface area contributed by atoms with Gasteiger partial charge >= 0.3 is 0 Å². The monoisotopic (exact) mass is 467 g/mol. The summed E-state index contributed by atoms with van der Waals surface area (Å²) in [6.45, 7) is 3.56. The number of hydrogen-bond acceptors (Lipinski definition) is 10. The van der Waals surface area contributed by atoms with E-state index in [1.54, 1.807) is 32.2 Å². The number of anilines is 3. The van der Waals surface area contributed by atoms with Crippen LogP contribution in [0.1, 0.15) is 30.0 Å². The second kappa shape index (κ2) is 9.45. The van der Waals surface area contributed by atoms with E-state index in [-0.39, 0.29) is 23.3 Å². The molecule has 12 heteroatoms. The number of fused-ring (bicyclic) bond motifs is 4. The Morgan fingerprint density at radius 2 is 2.09 bits per heavy atom. The molecule has 2 atom stereocenters. The van der Waals surface area contributed by atoms with E-state index in [1.165, 1.54) is 18.6 Å². The summed E-state index contributed by atoms with van der Waals surface area (Å²) in [4.78, 5) is 35.8. The minimum atomic E-state index is -0.552. The number of nitrogens with one attached hydrogen (secondary N) is 5. The molecule has 4 heterocycles. The average Bonchev–Trinajstić information content (AvgIpc) is 2.85. The summed E-state index contributed by atoms with van der Waals surface area (Å²) in [6, 6.07) is 6.45. The molecule has 0 radical (unpaired) electrons. The number of aromatic nitrogens is 4. The van der Waals surface area contributed by atoms with Crippen LogP contribution in [0.5, 0.6) is 0 Å². The first-order valence-electron chi connectivity index (χ1n) is 10.1. The second-order valence-electron chi connectivity index (χ2n) is 7.38. The Morgan fingerprint density at radius 1 is 1.27 bits per heavy atom. The number of nitrogens with zero attached hydrogens (tertiary/aromatic N) is 4. The third kappa shape index (κ3) is 4.90. The van der Waals surface area contributed by atoms with Gasteiger partial charge in [-0.15, -0.1) is 0 Å². The van der Waals surface area contributed by atoms with Crippen LogP contribution in [-0.4, -0.2) is 50.9 Å². The molecule has 0 aromatic carbocycles. The lowest BCUT2D eigenvalue weighted by molar-refractivity contribution is 0.0954. The molecule has 11 nitrogen and oxygen atoms in total. The standard InChI is InChI=1S/C21H22ClN9O2/c1-10(23)17-19-18(27-9-26-17)12-6-15(29-20(32)14-5-4-13(22)8-25-14)28-16(7-12)30-21(33-31-19)11(2)24-3/h4-9,11,21,23-24,31H,1-3H3,(H2,28,29,30,32). The first kappa shape index (κ1) is 22.5. The summed E-state index contributed by atoms with van der Waals surface area (Å²) < 4.78 is 0. The summed E-state index contributed by atoms with van der Waals surface area (Å²) >= 11 is 5.86. The van der Waals surface area contributed by atoms with Crippen LogP contribution in [0.4, 0.5) is 17.3 Å². The molecular formula is C21H22ClN9O2. The van der Waals surface area contributed by atoms with Crippen LogP contribution in [0, 0.1) is 5.41 Å². The quantitative estimate of drug-likeness (QED) is 0.357. The lowest BCUT2D eigenvalue weighted by Gasteiger charge is -2.25. The summed E-state index contributed by atoms with van der Waals surface area (Å²) in [5, 5.41) is 17.6. The van der Waals surface area contributed by atoms with E-state index >= 15 is 0 Å². The molecule has 0 fully saturated rings. The molecule has 0 spiro atoms. The number of hydrogen-bond donors (Lipinski definition) is 5. The van der Waals surface area contributed by atoms with Gasteiger partial charge in [0.2, 0.25) is 0 Å². The molecule has 3 aromatic heterocycles. The van der Waals surface area contributed by atoms with Gasteiger partial charge in [-0.25, -0.2) is 24.8 Å². The normalized spacial score (nSPS) is 15.6. The predicted molar refractivity (Wildman–Crippen MR) is 126 cm³/mol. The van der Waals surface area contributed by atoms with E-state index in [1.807, 2.05) is 6.92 Å². The molecule has 1 aliphatic heterocycles. The zero-order valence-electron chi connectivity index (χ0n) is 18.1. The van der Waals surface area contributed by atoms with Crippen molar-refractivity contribution >= 4 is 40.5 Å². The van der Waals surface area contributed by atoms with E-state index in [4.69, 9.17) is 21.8 Å². The zero-order chi connectivity index (χ0) is 23.5. The van der Waals surface area contributed by atoms with Crippen LogP contribution in [-0.2, 0) is 4.84 Å². The first-order chi connectivity index (χ1) is 15.9. The maximum absolute atomic E-state index is 12.7. The van der Waals surface area contributed by atoms with Crippen molar-refractivity contribution < 1.29 is 9.63 Å². The molecule has 2 unspecified atom stereocenters. The molecule has 2 bridgehead atoms. The van der Waals surface area contributed by atoms with Gasteiger partial charge < -0.3 is 21.4 Å². The fraction of sp³-hybridized carbons (Fsp3) is 0.238. The number of carbonyl (C=O) groups excluding carboxylic acids is 1. The summed E-state index contributed by atoms with van der Waals surface area (Å²) in [7, 11) is 1.81. The van der Waals surface area contributed by atoms with Crippen molar-refractivity contribution in [1.29, 1.82) is 5.41 Å². The summed E-state index contributed by atoms with van der Waals surface area (Å²) in [5.41, 5.74) is 5.33. The Hall–Kier alpha value is -3.67. The van der Waals surface area contributed by atoms with Crippen molar-refractivity contribution in [1.82, 2.24) is 25.3 Å². The van der Waals surface area contributed by atoms with Gasteiger partial charge in [-0.05, 0) is 45.2 Å².